The van der Waals surface area contributed by atoms with Gasteiger partial charge >= 0.3 is 0 Å². The van der Waals surface area contributed by atoms with Crippen molar-refractivity contribution in [2.24, 2.45) is 0 Å². The Kier molecular flexibility index (Phi) is 4.77. The highest BCUT2D eigenvalue weighted by Gasteiger charge is 2.15. The van der Waals surface area contributed by atoms with E-state index in [-0.39, 0.29) is 0 Å². The number of aromatic nitrogens is 2. The second kappa shape index (κ2) is 6.35. The van der Waals surface area contributed by atoms with Crippen molar-refractivity contribution in [3.05, 3.63) is 51.8 Å². The minimum Gasteiger partial charge on any atom is -0.311 e. The van der Waals surface area contributed by atoms with Gasteiger partial charge in [-0.05, 0) is 51.1 Å². The molecule has 0 aliphatic rings. The predicted molar refractivity (Wildman–Crippen MR) is 82.3 cm³/mol. The zero-order valence-corrected chi connectivity index (χ0v) is 13.2. The zero-order chi connectivity index (χ0) is 13.8. The highest BCUT2D eigenvalue weighted by molar-refractivity contribution is 9.10. The number of hydrogen-bond acceptors (Lipinski definition) is 2. The van der Waals surface area contributed by atoms with Gasteiger partial charge in [0.15, 0.2) is 0 Å². The molecule has 2 rings (SSSR count). The molecule has 0 amide bonds. The quantitative estimate of drug-likeness (QED) is 0.913. The normalized spacial score (nSPS) is 12.6. The Balaban J connectivity index is 2.22. The van der Waals surface area contributed by atoms with Gasteiger partial charge in [0.05, 0.1) is 17.4 Å². The van der Waals surface area contributed by atoms with Gasteiger partial charge in [0.1, 0.15) is 0 Å². The maximum absolute atomic E-state index is 4.52. The van der Waals surface area contributed by atoms with Crippen molar-refractivity contribution in [2.75, 3.05) is 7.05 Å². The number of benzene rings is 1. The molecule has 1 aromatic heterocycles. The van der Waals surface area contributed by atoms with E-state index >= 15 is 0 Å². The standard InChI is InChI=1S/C15H20BrN3/c1-4-19-15(9-11(2)18-19)14(17-3)10-12-5-7-13(16)8-6-12/h5-9,14,17H,4,10H2,1-3H3. The molecule has 2 aromatic rings. The summed E-state index contributed by atoms with van der Waals surface area (Å²) in [5.74, 6) is 0. The Morgan fingerprint density at radius 1 is 1.32 bits per heavy atom. The molecular weight excluding hydrogens is 302 g/mol. The third kappa shape index (κ3) is 3.45. The van der Waals surface area contributed by atoms with E-state index in [0.29, 0.717) is 6.04 Å². The summed E-state index contributed by atoms with van der Waals surface area (Å²) >= 11 is 3.47. The van der Waals surface area contributed by atoms with Crippen LogP contribution in [0.2, 0.25) is 0 Å². The van der Waals surface area contributed by atoms with Gasteiger partial charge in [0.2, 0.25) is 0 Å². The second-order valence-electron chi connectivity index (χ2n) is 4.70. The van der Waals surface area contributed by atoms with Crippen molar-refractivity contribution in [2.45, 2.75) is 32.9 Å². The molecule has 1 heterocycles. The van der Waals surface area contributed by atoms with Gasteiger partial charge in [-0.15, -0.1) is 0 Å². The number of rotatable bonds is 5. The fourth-order valence-corrected chi connectivity index (χ4v) is 2.57. The van der Waals surface area contributed by atoms with Crippen LogP contribution in [0.4, 0.5) is 0 Å². The Morgan fingerprint density at radius 3 is 2.58 bits per heavy atom. The van der Waals surface area contributed by atoms with E-state index < -0.39 is 0 Å². The van der Waals surface area contributed by atoms with Crippen LogP contribution >= 0.6 is 15.9 Å². The van der Waals surface area contributed by atoms with Crippen molar-refractivity contribution >= 4 is 15.9 Å². The largest absolute Gasteiger partial charge is 0.311 e. The summed E-state index contributed by atoms with van der Waals surface area (Å²) in [4.78, 5) is 0. The number of nitrogens with one attached hydrogen (secondary N) is 1. The Morgan fingerprint density at radius 2 is 2.00 bits per heavy atom. The van der Waals surface area contributed by atoms with Gasteiger partial charge in [-0.2, -0.15) is 5.10 Å². The first kappa shape index (κ1) is 14.3. The molecular formula is C15H20BrN3. The molecule has 3 nitrogen and oxygen atoms in total. The molecule has 0 saturated carbocycles. The Bertz CT molecular complexity index is 531. The lowest BCUT2D eigenvalue weighted by Crippen LogP contribution is -2.22. The summed E-state index contributed by atoms with van der Waals surface area (Å²) in [6.45, 7) is 5.08. The van der Waals surface area contributed by atoms with Crippen LogP contribution < -0.4 is 5.32 Å². The topological polar surface area (TPSA) is 29.9 Å². The van der Waals surface area contributed by atoms with Crippen molar-refractivity contribution in [1.82, 2.24) is 15.1 Å². The van der Waals surface area contributed by atoms with Gasteiger partial charge in [-0.25, -0.2) is 0 Å². The van der Waals surface area contributed by atoms with Crippen molar-refractivity contribution in [3.8, 4) is 0 Å². The highest BCUT2D eigenvalue weighted by Crippen LogP contribution is 2.20. The van der Waals surface area contributed by atoms with Crippen LogP contribution in [0.25, 0.3) is 0 Å². The molecule has 0 aliphatic heterocycles. The van der Waals surface area contributed by atoms with Crippen molar-refractivity contribution in [1.29, 1.82) is 0 Å². The minimum absolute atomic E-state index is 0.294. The molecule has 0 spiro atoms. The maximum atomic E-state index is 4.52. The molecule has 0 bridgehead atoms. The number of aryl methyl sites for hydroxylation is 2. The lowest BCUT2D eigenvalue weighted by molar-refractivity contribution is 0.512. The second-order valence-corrected chi connectivity index (χ2v) is 5.61. The van der Waals surface area contributed by atoms with Crippen molar-refractivity contribution < 1.29 is 0 Å². The van der Waals surface area contributed by atoms with Crippen LogP contribution in [0.3, 0.4) is 0 Å². The molecule has 0 radical (unpaired) electrons. The molecule has 0 fully saturated rings. The maximum Gasteiger partial charge on any atom is 0.0597 e. The predicted octanol–water partition coefficient (Wildman–Crippen LogP) is 3.48. The zero-order valence-electron chi connectivity index (χ0n) is 11.7. The average Bonchev–Trinajstić information content (AvgIpc) is 2.79. The first-order chi connectivity index (χ1) is 9.13. The van der Waals surface area contributed by atoms with Crippen molar-refractivity contribution in [3.63, 3.8) is 0 Å². The molecule has 1 unspecified atom stereocenters. The molecule has 0 saturated heterocycles. The lowest BCUT2D eigenvalue weighted by atomic mass is 10.0. The number of halogens is 1. The molecule has 4 heteroatoms. The minimum atomic E-state index is 0.294. The fourth-order valence-electron chi connectivity index (χ4n) is 2.31. The summed E-state index contributed by atoms with van der Waals surface area (Å²) in [5, 5.41) is 7.92. The fraction of sp³-hybridized carbons (Fsp3) is 0.400. The summed E-state index contributed by atoms with van der Waals surface area (Å²) in [6, 6.07) is 11.0. The first-order valence-corrected chi connectivity index (χ1v) is 7.39. The molecule has 1 aromatic carbocycles. The van der Waals surface area contributed by atoms with Crippen LogP contribution in [0.5, 0.6) is 0 Å². The number of nitrogens with zero attached hydrogens (tertiary/aromatic N) is 2. The number of hydrogen-bond donors (Lipinski definition) is 1. The highest BCUT2D eigenvalue weighted by atomic mass is 79.9. The lowest BCUT2D eigenvalue weighted by Gasteiger charge is -2.17. The van der Waals surface area contributed by atoms with Gasteiger partial charge in [0, 0.05) is 11.0 Å². The van der Waals surface area contributed by atoms with Crippen LogP contribution in [0.15, 0.2) is 34.8 Å². The average molecular weight is 322 g/mol. The monoisotopic (exact) mass is 321 g/mol. The third-order valence-corrected chi connectivity index (χ3v) is 3.82. The molecule has 0 aliphatic carbocycles. The summed E-state index contributed by atoms with van der Waals surface area (Å²) in [7, 11) is 2.01. The Labute approximate surface area is 123 Å². The van der Waals surface area contributed by atoms with E-state index in [1.165, 1.54) is 11.3 Å². The third-order valence-electron chi connectivity index (χ3n) is 3.29. The summed E-state index contributed by atoms with van der Waals surface area (Å²) < 4.78 is 3.20. The van der Waals surface area contributed by atoms with E-state index in [1.54, 1.807) is 0 Å². The van der Waals surface area contributed by atoms with Gasteiger partial charge in [-0.1, -0.05) is 28.1 Å². The van der Waals surface area contributed by atoms with Crippen LogP contribution in [0, 0.1) is 6.92 Å². The first-order valence-electron chi connectivity index (χ1n) is 6.60. The van der Waals surface area contributed by atoms with E-state index in [1.807, 2.05) is 14.0 Å². The van der Waals surface area contributed by atoms with Crippen LogP contribution in [0.1, 0.15) is 29.9 Å². The van der Waals surface area contributed by atoms with Gasteiger partial charge < -0.3 is 5.32 Å². The molecule has 19 heavy (non-hydrogen) atoms. The van der Waals surface area contributed by atoms with Gasteiger partial charge in [0.25, 0.3) is 0 Å². The van der Waals surface area contributed by atoms with Crippen LogP contribution in [-0.4, -0.2) is 16.8 Å². The molecule has 1 N–H and O–H groups in total. The van der Waals surface area contributed by atoms with Gasteiger partial charge in [-0.3, -0.25) is 4.68 Å². The van der Waals surface area contributed by atoms with E-state index in [4.69, 9.17) is 0 Å². The molecule has 1 atom stereocenters. The van der Waals surface area contributed by atoms with E-state index in [0.717, 1.165) is 23.1 Å². The summed E-state index contributed by atoms with van der Waals surface area (Å²) in [5.41, 5.74) is 3.65. The van der Waals surface area contributed by atoms with E-state index in [9.17, 15) is 0 Å². The number of likely N-dealkylation sites (N-methyl/N-ethyl adjacent to an activating group) is 1. The Hall–Kier alpha value is -1.13. The van der Waals surface area contributed by atoms with Crippen LogP contribution in [-0.2, 0) is 13.0 Å². The summed E-state index contributed by atoms with van der Waals surface area (Å²) in [6.07, 6.45) is 0.967. The smallest absolute Gasteiger partial charge is 0.0597 e. The van der Waals surface area contributed by atoms with E-state index in [2.05, 4.69) is 68.3 Å². The molecule has 102 valence electrons. The SMILES string of the molecule is CCn1nc(C)cc1C(Cc1ccc(Br)cc1)NC.